The number of halogens is 3. The molecule has 2 aromatic rings. The van der Waals surface area contributed by atoms with Gasteiger partial charge in [-0.05, 0) is 35.9 Å². The minimum Gasteiger partial charge on any atom is -0.485 e. The van der Waals surface area contributed by atoms with Crippen LogP contribution in [0.2, 0.25) is 15.1 Å². The van der Waals surface area contributed by atoms with Gasteiger partial charge in [-0.2, -0.15) is 0 Å². The Labute approximate surface area is 132 Å². The fourth-order valence-corrected chi connectivity index (χ4v) is 2.88. The van der Waals surface area contributed by atoms with Crippen LogP contribution < -0.4 is 10.5 Å². The third-order valence-corrected chi connectivity index (χ3v) is 4.40. The van der Waals surface area contributed by atoms with Crippen LogP contribution >= 0.6 is 34.8 Å². The van der Waals surface area contributed by atoms with E-state index in [0.29, 0.717) is 21.5 Å². The first-order valence-corrected chi connectivity index (χ1v) is 7.34. The van der Waals surface area contributed by atoms with Gasteiger partial charge in [-0.25, -0.2) is 0 Å². The Morgan fingerprint density at radius 2 is 1.80 bits per heavy atom. The molecular formula is C15H12Cl3NO. The largest absolute Gasteiger partial charge is 0.485 e. The maximum atomic E-state index is 6.21. The van der Waals surface area contributed by atoms with Crippen LogP contribution in [-0.4, -0.2) is 0 Å². The summed E-state index contributed by atoms with van der Waals surface area (Å²) in [6, 6.07) is 10.9. The van der Waals surface area contributed by atoms with Gasteiger partial charge in [-0.3, -0.25) is 0 Å². The maximum absolute atomic E-state index is 6.21. The van der Waals surface area contributed by atoms with Crippen molar-refractivity contribution in [3.05, 3.63) is 62.6 Å². The highest BCUT2D eigenvalue weighted by Gasteiger charge is 2.27. The molecule has 1 aliphatic rings. The zero-order valence-electron chi connectivity index (χ0n) is 10.4. The lowest BCUT2D eigenvalue weighted by molar-refractivity contribution is 0.161. The van der Waals surface area contributed by atoms with Gasteiger partial charge < -0.3 is 10.5 Å². The normalized spacial score (nSPS) is 21.2. The van der Waals surface area contributed by atoms with Crippen LogP contribution in [0.5, 0.6) is 5.75 Å². The second kappa shape index (κ2) is 5.45. The second-order valence-corrected chi connectivity index (χ2v) is 6.06. The van der Waals surface area contributed by atoms with Crippen LogP contribution in [0, 0.1) is 0 Å². The topological polar surface area (TPSA) is 35.2 Å². The minimum atomic E-state index is -0.131. The van der Waals surface area contributed by atoms with Gasteiger partial charge in [0.1, 0.15) is 11.9 Å². The molecule has 3 rings (SSSR count). The van der Waals surface area contributed by atoms with Crippen molar-refractivity contribution in [2.75, 3.05) is 0 Å². The third kappa shape index (κ3) is 2.61. The first-order valence-electron chi connectivity index (χ1n) is 6.21. The van der Waals surface area contributed by atoms with Gasteiger partial charge in [0, 0.05) is 23.0 Å². The van der Waals surface area contributed by atoms with E-state index in [2.05, 4.69) is 0 Å². The first-order chi connectivity index (χ1) is 9.54. The summed E-state index contributed by atoms with van der Waals surface area (Å²) in [7, 11) is 0. The van der Waals surface area contributed by atoms with E-state index < -0.39 is 0 Å². The molecule has 1 aliphatic heterocycles. The fraction of sp³-hybridized carbons (Fsp3) is 0.200. The quantitative estimate of drug-likeness (QED) is 0.783. The van der Waals surface area contributed by atoms with Crippen molar-refractivity contribution in [3.8, 4) is 5.75 Å². The summed E-state index contributed by atoms with van der Waals surface area (Å²) >= 11 is 18.0. The molecule has 0 spiro atoms. The maximum Gasteiger partial charge on any atom is 0.126 e. The Morgan fingerprint density at radius 3 is 2.55 bits per heavy atom. The van der Waals surface area contributed by atoms with Crippen LogP contribution in [0.1, 0.15) is 29.7 Å². The molecule has 2 nitrogen and oxygen atoms in total. The van der Waals surface area contributed by atoms with Gasteiger partial charge in [0.25, 0.3) is 0 Å². The van der Waals surface area contributed by atoms with E-state index in [1.807, 2.05) is 24.3 Å². The van der Waals surface area contributed by atoms with E-state index in [1.165, 1.54) is 0 Å². The Morgan fingerprint density at radius 1 is 1.00 bits per heavy atom. The molecule has 5 heteroatoms. The van der Waals surface area contributed by atoms with Crippen molar-refractivity contribution < 1.29 is 4.74 Å². The highest BCUT2D eigenvalue weighted by molar-refractivity contribution is 6.42. The van der Waals surface area contributed by atoms with Crippen LogP contribution in [0.4, 0.5) is 0 Å². The molecule has 0 fully saturated rings. The standard InChI is InChI=1S/C15H12Cl3NO/c16-9-2-4-14-10(6-9)13(19)7-15(20-14)8-1-3-11(17)12(18)5-8/h1-6,13,15H,7,19H2/t13-,15?/m0/s1. The zero-order chi connectivity index (χ0) is 14.3. The predicted molar refractivity (Wildman–Crippen MR) is 82.8 cm³/mol. The average molecular weight is 329 g/mol. The molecule has 0 radical (unpaired) electrons. The molecule has 2 N–H and O–H groups in total. The average Bonchev–Trinajstić information content (AvgIpc) is 2.42. The Kier molecular flexibility index (Phi) is 3.83. The number of fused-ring (bicyclic) bond motifs is 1. The molecule has 0 aromatic heterocycles. The number of nitrogens with two attached hydrogens (primary N) is 1. The molecule has 1 unspecified atom stereocenters. The lowest BCUT2D eigenvalue weighted by atomic mass is 9.93. The number of benzene rings is 2. The molecule has 2 aromatic carbocycles. The van der Waals surface area contributed by atoms with Crippen molar-refractivity contribution in [2.45, 2.75) is 18.6 Å². The van der Waals surface area contributed by atoms with Crippen LogP contribution in [0.25, 0.3) is 0 Å². The Balaban J connectivity index is 1.94. The third-order valence-electron chi connectivity index (χ3n) is 3.42. The van der Waals surface area contributed by atoms with E-state index in [9.17, 15) is 0 Å². The Hall–Kier alpha value is -0.930. The highest BCUT2D eigenvalue weighted by Crippen LogP contribution is 2.41. The lowest BCUT2D eigenvalue weighted by Crippen LogP contribution is -2.24. The monoisotopic (exact) mass is 327 g/mol. The number of hydrogen-bond acceptors (Lipinski definition) is 2. The van der Waals surface area contributed by atoms with Crippen molar-refractivity contribution >= 4 is 34.8 Å². The van der Waals surface area contributed by atoms with Gasteiger partial charge in [-0.1, -0.05) is 40.9 Å². The summed E-state index contributed by atoms with van der Waals surface area (Å²) in [5.41, 5.74) is 8.12. The molecule has 0 amide bonds. The molecule has 1 heterocycles. The highest BCUT2D eigenvalue weighted by atomic mass is 35.5. The molecule has 0 saturated heterocycles. The summed E-state index contributed by atoms with van der Waals surface area (Å²) in [6.07, 6.45) is 0.541. The SMILES string of the molecule is N[C@H]1CC(c2ccc(Cl)c(Cl)c2)Oc2ccc(Cl)cc21. The zero-order valence-corrected chi connectivity index (χ0v) is 12.7. The van der Waals surface area contributed by atoms with Crippen LogP contribution in [0.15, 0.2) is 36.4 Å². The summed E-state index contributed by atoms with van der Waals surface area (Å²) in [6.45, 7) is 0. The Bertz CT molecular complexity index is 660. The number of hydrogen-bond donors (Lipinski definition) is 1. The summed E-state index contributed by atoms with van der Waals surface area (Å²) in [5, 5.41) is 1.71. The molecule has 2 atom stereocenters. The van der Waals surface area contributed by atoms with Crippen molar-refractivity contribution in [1.29, 1.82) is 0 Å². The van der Waals surface area contributed by atoms with E-state index in [-0.39, 0.29) is 12.1 Å². The molecule has 0 saturated carbocycles. The van der Waals surface area contributed by atoms with Crippen molar-refractivity contribution in [2.24, 2.45) is 5.73 Å². The van der Waals surface area contributed by atoms with Gasteiger partial charge in [0.2, 0.25) is 0 Å². The summed E-state index contributed by atoms with van der Waals surface area (Å²) in [5.74, 6) is 0.768. The van der Waals surface area contributed by atoms with E-state index >= 15 is 0 Å². The van der Waals surface area contributed by atoms with Gasteiger partial charge in [0.15, 0.2) is 0 Å². The van der Waals surface area contributed by atoms with Gasteiger partial charge in [0.05, 0.1) is 10.0 Å². The number of rotatable bonds is 1. The summed E-state index contributed by atoms with van der Waals surface area (Å²) in [4.78, 5) is 0. The predicted octanol–water partition coefficient (Wildman–Crippen LogP) is 5.17. The van der Waals surface area contributed by atoms with Crippen molar-refractivity contribution in [3.63, 3.8) is 0 Å². The van der Waals surface area contributed by atoms with E-state index in [0.717, 1.165) is 16.9 Å². The second-order valence-electron chi connectivity index (χ2n) is 4.80. The molecular weight excluding hydrogens is 317 g/mol. The van der Waals surface area contributed by atoms with Gasteiger partial charge >= 0.3 is 0 Å². The fourth-order valence-electron chi connectivity index (χ4n) is 2.39. The van der Waals surface area contributed by atoms with E-state index in [1.54, 1.807) is 12.1 Å². The molecule has 0 aliphatic carbocycles. The van der Waals surface area contributed by atoms with Crippen LogP contribution in [-0.2, 0) is 0 Å². The first kappa shape index (κ1) is 14.0. The van der Waals surface area contributed by atoms with E-state index in [4.69, 9.17) is 45.3 Å². The number of ether oxygens (including phenoxy) is 1. The smallest absolute Gasteiger partial charge is 0.126 e. The summed E-state index contributed by atoms with van der Waals surface area (Å²) < 4.78 is 6.00. The van der Waals surface area contributed by atoms with Gasteiger partial charge in [-0.15, -0.1) is 0 Å². The minimum absolute atomic E-state index is 0.114. The van der Waals surface area contributed by atoms with Crippen molar-refractivity contribution in [1.82, 2.24) is 0 Å². The molecule has 0 bridgehead atoms. The molecule has 20 heavy (non-hydrogen) atoms. The van der Waals surface area contributed by atoms with Crippen LogP contribution in [0.3, 0.4) is 0 Å². The molecule has 104 valence electrons. The lowest BCUT2D eigenvalue weighted by Gasteiger charge is -2.30.